The molecule has 7 aromatic heterocycles. The number of carbonyl (C=O) groups excluding carboxylic acids is 8. The second kappa shape index (κ2) is 29.7. The van der Waals surface area contributed by atoms with Crippen LogP contribution in [0.25, 0.3) is 49.3 Å². The van der Waals surface area contributed by atoms with Crippen molar-refractivity contribution in [2.75, 3.05) is 27.4 Å². The molecule has 8 aromatic rings. The van der Waals surface area contributed by atoms with Crippen LogP contribution in [-0.4, -0.2) is 212 Å². The number of aromatic nitrogens is 7. The highest BCUT2D eigenvalue weighted by atomic mass is 32.1. The van der Waals surface area contributed by atoms with Crippen molar-refractivity contribution in [1.29, 1.82) is 0 Å². The predicted octanol–water partition coefficient (Wildman–Crippen LogP) is 2.73. The number of cyclic esters (lactones) is 2. The van der Waals surface area contributed by atoms with Crippen LogP contribution in [0.2, 0.25) is 0 Å². The number of hydrogen-bond acceptors (Lipinski definition) is 33. The number of carbonyl (C=O) groups is 8. The molecule has 0 aliphatic carbocycles. The zero-order valence-corrected chi connectivity index (χ0v) is 60.2. The van der Waals surface area contributed by atoms with Crippen LogP contribution in [0.4, 0.5) is 0 Å². The molecule has 552 valence electrons. The number of nitrogens with two attached hydrogens (primary N) is 1. The van der Waals surface area contributed by atoms with E-state index in [0.29, 0.717) is 4.73 Å². The van der Waals surface area contributed by atoms with Crippen molar-refractivity contribution in [3.8, 4) is 38.4 Å². The Hall–Kier alpha value is -9.66. The van der Waals surface area contributed by atoms with Crippen molar-refractivity contribution >= 4 is 121 Å². The number of allylic oxidation sites excluding steroid dienone is 1. The number of ether oxygens (including phenoxy) is 7. The highest BCUT2D eigenvalue weighted by Crippen LogP contribution is 2.46. The van der Waals surface area contributed by atoms with Gasteiger partial charge >= 0.3 is 11.9 Å². The number of likely N-dealkylation sites (N-methyl/N-ethyl adjacent to an activating group) is 1. The number of aliphatic hydroxyl groups is 4. The Morgan fingerprint density at radius 1 is 0.848 bits per heavy atom. The summed E-state index contributed by atoms with van der Waals surface area (Å²) in [5.41, 5.74) is 2.11. The Bertz CT molecular complexity index is 4850. The minimum absolute atomic E-state index is 0.0135. The van der Waals surface area contributed by atoms with Crippen LogP contribution in [0.5, 0.6) is 5.75 Å². The van der Waals surface area contributed by atoms with Crippen LogP contribution < -0.4 is 32.3 Å². The highest BCUT2D eigenvalue weighted by molar-refractivity contribution is 7.14. The molecule has 2 saturated heterocycles. The van der Waals surface area contributed by atoms with Crippen LogP contribution in [-0.2, 0) is 60.8 Å². The van der Waals surface area contributed by atoms with Gasteiger partial charge in [-0.1, -0.05) is 18.7 Å². The summed E-state index contributed by atoms with van der Waals surface area (Å²) in [6.45, 7) is 7.07. The Kier molecular flexibility index (Phi) is 20.8. The standard InChI is InChI=1S/C65H66N14O21S5/c1-23(52(66)85)67-53(86)32-20-104-61(72-32)46-38(83)11-28-45(74-46)31-18-102-59(69-31)30-17-97-63(91)48-29-16-95-49(50(64(92)96-15-27-9-8-10-36(42(27)29)79(48)93)99-41-13-65(5)51(26(4)98-41)78(6)40(100-65)12-37(82)39(84)14-80)47(62-73-33(21-105-62)54(87)68-30)77-56(89)35-22-103-60(71-35)44(25(3)94-7)76-57(90)43(24(2)81)75-55(88)34-19-101-58(28)70-34/h8-11,18-22,24,26,30,37,39-41,43,47,49-51,80-84,93H,1,12-17H2,2-7H3,(H2,66,85)(H,67,86)(H,68,87)(H,75,88)(H,76,90)(H,77,89)/b44-25+/t24-,26+,30+,37?,39?,40?,41+,43+,47+,49+,50+,51-,65+/m1/s1. The van der Waals surface area contributed by atoms with Gasteiger partial charge in [0.1, 0.15) is 132 Å². The van der Waals surface area contributed by atoms with Gasteiger partial charge in [-0.25, -0.2) is 39.5 Å². The second-order valence-corrected chi connectivity index (χ2v) is 29.5. The van der Waals surface area contributed by atoms with E-state index in [9.17, 15) is 49.9 Å². The smallest absolute Gasteiger partial charge is 0.358 e. The molecule has 35 nitrogen and oxygen atoms in total. The number of pyridine rings is 1. The van der Waals surface area contributed by atoms with E-state index in [1.165, 1.54) is 60.0 Å². The number of rotatable bonds is 12. The van der Waals surface area contributed by atoms with Gasteiger partial charge in [0.2, 0.25) is 5.91 Å². The molecule has 0 spiro atoms. The lowest BCUT2D eigenvalue weighted by atomic mass is 9.86. The van der Waals surface area contributed by atoms with E-state index in [4.69, 9.17) is 53.8 Å². The first kappa shape index (κ1) is 73.6. The van der Waals surface area contributed by atoms with E-state index in [2.05, 4.69) is 48.1 Å². The maximum absolute atomic E-state index is 15.4. The Morgan fingerprint density at radius 3 is 2.26 bits per heavy atom. The number of benzene rings is 1. The van der Waals surface area contributed by atoms with E-state index < -0.39 is 170 Å². The number of aliphatic hydroxyl groups excluding tert-OH is 4. The molecule has 0 saturated carbocycles. The van der Waals surface area contributed by atoms with Gasteiger partial charge in [0.15, 0.2) is 18.1 Å². The number of amides is 6. The number of hydrogen-bond donors (Lipinski definition) is 12. The van der Waals surface area contributed by atoms with Gasteiger partial charge in [-0.15, -0.1) is 56.7 Å². The first-order valence-electron chi connectivity index (χ1n) is 32.1. The van der Waals surface area contributed by atoms with Gasteiger partial charge in [-0.05, 0) is 52.4 Å². The summed E-state index contributed by atoms with van der Waals surface area (Å²) in [4.78, 5) is 145. The van der Waals surface area contributed by atoms with Crippen molar-refractivity contribution < 1.29 is 102 Å². The molecule has 13 atom stereocenters. The third-order valence-corrected chi connectivity index (χ3v) is 22.6. The fraction of sp³-hybridized carbons (Fsp3) is 0.385. The average Bonchev–Trinajstić information content (AvgIpc) is 1.59. The summed E-state index contributed by atoms with van der Waals surface area (Å²) < 4.78 is 45.4. The van der Waals surface area contributed by atoms with E-state index in [1.807, 2.05) is 4.90 Å². The van der Waals surface area contributed by atoms with Gasteiger partial charge < -0.3 is 96.2 Å². The molecule has 6 amide bonds. The fourth-order valence-corrected chi connectivity index (χ4v) is 17.1. The fourth-order valence-electron chi connectivity index (χ4n) is 12.9. The molecule has 3 unspecified atom stereocenters. The molecule has 2 fully saturated rings. The summed E-state index contributed by atoms with van der Waals surface area (Å²) in [6.07, 6.45) is -11.4. The second-order valence-electron chi connectivity index (χ2n) is 25.1. The SMILES string of the molecule is C=C(NC(=O)c1csc(-c2nc3c(cc2O)-c2nc(cs2)C(=O)N[C@@H]([C@@H](C)O)C(=O)N/C(=C(\C)OC)c2nc(cs2)C(=O)N[C@@H]2c4nc(cs4)C(=O)N[C@@H](COC(=O)c4c5c6c(cccc6n4O)COC(=O)[C@@H](O[C@H]4C[C@]6(C)OC(CC(O)C(O)CO)N(C)[C@@H]6[C@H](C)O4)[C@H]2OC5)c2nc-3cs2)n1)C(N)=O. The zero-order valence-electron chi connectivity index (χ0n) is 56.1. The van der Waals surface area contributed by atoms with Gasteiger partial charge in [-0.2, -0.15) is 4.73 Å². The van der Waals surface area contributed by atoms with Crippen LogP contribution in [0.15, 0.2) is 69.2 Å². The number of esters is 2. The molecule has 13 rings (SSSR count). The molecule has 1 aromatic carbocycles. The highest BCUT2D eigenvalue weighted by Gasteiger charge is 2.58. The molecule has 40 heteroatoms. The summed E-state index contributed by atoms with van der Waals surface area (Å²) in [6, 6.07) is 0.544. The van der Waals surface area contributed by atoms with Gasteiger partial charge in [0.25, 0.3) is 29.5 Å². The van der Waals surface area contributed by atoms with Crippen molar-refractivity contribution in [2.45, 2.75) is 133 Å². The van der Waals surface area contributed by atoms with Crippen LogP contribution >= 0.6 is 56.7 Å². The molecule has 12 bridgehead atoms. The van der Waals surface area contributed by atoms with Crippen molar-refractivity contribution in [3.63, 3.8) is 0 Å². The van der Waals surface area contributed by atoms with E-state index >= 15 is 19.2 Å². The van der Waals surface area contributed by atoms with Gasteiger partial charge in [0, 0.05) is 56.3 Å². The quantitative estimate of drug-likeness (QED) is 0.0362. The Morgan fingerprint density at radius 2 is 1.52 bits per heavy atom. The average molecular weight is 1540 g/mol. The van der Waals surface area contributed by atoms with E-state index in [1.54, 1.807) is 33.0 Å². The van der Waals surface area contributed by atoms with Gasteiger partial charge in [-0.3, -0.25) is 33.7 Å². The lowest BCUT2D eigenvalue weighted by Crippen LogP contribution is -2.59. The number of fused-ring (bicyclic) bond motifs is 16. The normalized spacial score (nSPS) is 25.2. The molecule has 12 heterocycles. The van der Waals surface area contributed by atoms with Crippen LogP contribution in [0.1, 0.15) is 131 Å². The Labute approximate surface area is 613 Å². The minimum Gasteiger partial charge on any atom is -0.506 e. The summed E-state index contributed by atoms with van der Waals surface area (Å²) in [5.74, 6) is -8.44. The molecular formula is C65H66N14O21S5. The number of thiazole rings is 5. The molecule has 105 heavy (non-hydrogen) atoms. The molecular weight excluding hydrogens is 1470 g/mol. The summed E-state index contributed by atoms with van der Waals surface area (Å²) >= 11 is 4.40. The molecule has 0 radical (unpaired) electrons. The summed E-state index contributed by atoms with van der Waals surface area (Å²) in [7, 11) is 3.03. The largest absolute Gasteiger partial charge is 0.506 e. The van der Waals surface area contributed by atoms with Crippen LogP contribution in [0.3, 0.4) is 0 Å². The lowest BCUT2D eigenvalue weighted by molar-refractivity contribution is -0.269. The van der Waals surface area contributed by atoms with Crippen LogP contribution in [0, 0.1) is 0 Å². The number of methoxy groups -OCH3 is 1. The number of primary amides is 1. The third kappa shape index (κ3) is 14.4. The Balaban J connectivity index is 0.966. The first-order chi connectivity index (χ1) is 50.1. The van der Waals surface area contributed by atoms with E-state index in [-0.39, 0.29) is 117 Å². The topological polar surface area (TPSA) is 494 Å². The van der Waals surface area contributed by atoms with Crippen molar-refractivity contribution in [2.24, 2.45) is 5.73 Å². The first-order valence-corrected chi connectivity index (χ1v) is 36.5. The number of nitrogens with zero attached hydrogens (tertiary/aromatic N) is 8. The van der Waals surface area contributed by atoms with Crippen molar-refractivity contribution in [1.82, 2.24) is 66.1 Å². The van der Waals surface area contributed by atoms with Gasteiger partial charge in [0.05, 0.1) is 61.5 Å². The third-order valence-electron chi connectivity index (χ3n) is 18.1. The predicted molar refractivity (Wildman–Crippen MR) is 370 cm³/mol. The van der Waals surface area contributed by atoms with E-state index in [0.717, 1.165) is 56.7 Å². The molecule has 13 N–H and O–H groups in total. The number of nitrogens with one attached hydrogen (secondary N) is 5. The maximum atomic E-state index is 15.4. The maximum Gasteiger partial charge on any atom is 0.358 e. The summed E-state index contributed by atoms with van der Waals surface area (Å²) in [5, 5.41) is 86.2. The minimum atomic E-state index is -1.96. The number of aromatic hydroxyl groups is 1. The zero-order chi connectivity index (χ0) is 74.8. The molecule has 5 aliphatic rings. The van der Waals surface area contributed by atoms with Crippen molar-refractivity contribution in [3.05, 3.63) is 124 Å². The molecule has 5 aliphatic heterocycles. The monoisotopic (exact) mass is 1540 g/mol. The lowest BCUT2D eigenvalue weighted by Gasteiger charge is -2.45.